The van der Waals surface area contributed by atoms with Gasteiger partial charge in [-0.3, -0.25) is 0 Å². The molecule has 4 heteroatoms. The summed E-state index contributed by atoms with van der Waals surface area (Å²) in [5.74, 6) is 1.67. The van der Waals surface area contributed by atoms with Gasteiger partial charge in [0.2, 0.25) is 0 Å². The zero-order valence-electron chi connectivity index (χ0n) is 10.1. The van der Waals surface area contributed by atoms with Crippen LogP contribution in [0.3, 0.4) is 0 Å². The predicted molar refractivity (Wildman–Crippen MR) is 62.6 cm³/mol. The summed E-state index contributed by atoms with van der Waals surface area (Å²) >= 11 is 0. The van der Waals surface area contributed by atoms with Crippen LogP contribution in [0.15, 0.2) is 24.7 Å². The number of aryl methyl sites for hydroxylation is 1. The fraction of sp³-hybridized carbons (Fsp3) is 0.417. The van der Waals surface area contributed by atoms with E-state index >= 15 is 0 Å². The molecule has 16 heavy (non-hydrogen) atoms. The van der Waals surface area contributed by atoms with Crippen molar-refractivity contribution in [2.45, 2.75) is 33.1 Å². The lowest BCUT2D eigenvalue weighted by molar-refractivity contribution is 0.543. The van der Waals surface area contributed by atoms with Crippen LogP contribution in [0, 0.1) is 6.92 Å². The summed E-state index contributed by atoms with van der Waals surface area (Å²) in [6, 6.07) is 3.93. The molecule has 2 aromatic heterocycles. The fourth-order valence-corrected chi connectivity index (χ4v) is 1.43. The van der Waals surface area contributed by atoms with Gasteiger partial charge in [0.25, 0.3) is 0 Å². The zero-order valence-corrected chi connectivity index (χ0v) is 10.1. The first-order chi connectivity index (χ1) is 7.48. The lowest BCUT2D eigenvalue weighted by Crippen LogP contribution is -2.14. The van der Waals surface area contributed by atoms with Crippen molar-refractivity contribution in [2.75, 3.05) is 0 Å². The number of pyridine rings is 1. The van der Waals surface area contributed by atoms with Crippen molar-refractivity contribution in [3.8, 4) is 5.82 Å². The molecule has 0 saturated carbocycles. The highest BCUT2D eigenvalue weighted by Gasteiger charge is 2.19. The smallest absolute Gasteiger partial charge is 0.158 e. The third kappa shape index (κ3) is 1.96. The molecule has 2 rings (SSSR count). The Labute approximate surface area is 95.4 Å². The number of hydrogen-bond donors (Lipinski definition) is 0. The van der Waals surface area contributed by atoms with Gasteiger partial charge < -0.3 is 0 Å². The minimum atomic E-state index is -0.0338. The highest BCUT2D eigenvalue weighted by molar-refractivity contribution is 5.30. The Morgan fingerprint density at radius 3 is 2.50 bits per heavy atom. The van der Waals surface area contributed by atoms with Gasteiger partial charge in [0, 0.05) is 11.6 Å². The molecular formula is C12H16N4. The minimum Gasteiger partial charge on any atom is -0.237 e. The van der Waals surface area contributed by atoms with E-state index in [1.165, 1.54) is 0 Å². The van der Waals surface area contributed by atoms with Gasteiger partial charge >= 0.3 is 0 Å². The summed E-state index contributed by atoms with van der Waals surface area (Å²) in [6.07, 6.45) is 3.48. The van der Waals surface area contributed by atoms with Gasteiger partial charge in [0.05, 0.1) is 0 Å². The molecule has 84 valence electrons. The molecule has 2 aromatic rings. The van der Waals surface area contributed by atoms with Gasteiger partial charge in [-0.15, -0.1) is 5.10 Å². The van der Waals surface area contributed by atoms with E-state index in [2.05, 4.69) is 35.8 Å². The second-order valence-electron chi connectivity index (χ2n) is 4.91. The largest absolute Gasteiger partial charge is 0.237 e. The monoisotopic (exact) mass is 216 g/mol. The Morgan fingerprint density at radius 2 is 1.94 bits per heavy atom. The zero-order chi connectivity index (χ0) is 11.8. The molecule has 0 N–H and O–H groups in total. The maximum absolute atomic E-state index is 4.46. The third-order valence-corrected chi connectivity index (χ3v) is 2.36. The quantitative estimate of drug-likeness (QED) is 0.734. The molecular weight excluding hydrogens is 200 g/mol. The molecule has 0 aliphatic rings. The maximum atomic E-state index is 4.46. The van der Waals surface area contributed by atoms with Crippen molar-refractivity contribution < 1.29 is 0 Å². The van der Waals surface area contributed by atoms with E-state index in [1.807, 2.05) is 19.1 Å². The molecule has 0 amide bonds. The van der Waals surface area contributed by atoms with Gasteiger partial charge in [-0.1, -0.05) is 26.8 Å². The third-order valence-electron chi connectivity index (χ3n) is 2.36. The molecule has 0 bridgehead atoms. The average molecular weight is 216 g/mol. The molecule has 0 radical (unpaired) electrons. The molecule has 2 heterocycles. The minimum absolute atomic E-state index is 0.0338. The van der Waals surface area contributed by atoms with Gasteiger partial charge in [-0.05, 0) is 18.6 Å². The Bertz CT molecular complexity index is 494. The summed E-state index contributed by atoms with van der Waals surface area (Å²) in [5.41, 5.74) is 1.06. The molecule has 0 unspecified atom stereocenters. The first-order valence-corrected chi connectivity index (χ1v) is 5.32. The van der Waals surface area contributed by atoms with Crippen molar-refractivity contribution in [1.82, 2.24) is 19.7 Å². The van der Waals surface area contributed by atoms with Crippen molar-refractivity contribution in [2.24, 2.45) is 0 Å². The molecule has 0 aromatic carbocycles. The van der Waals surface area contributed by atoms with Crippen LogP contribution in [0.2, 0.25) is 0 Å². The van der Waals surface area contributed by atoms with Gasteiger partial charge in [0.1, 0.15) is 6.33 Å². The van der Waals surface area contributed by atoms with Crippen LogP contribution < -0.4 is 0 Å². The number of rotatable bonds is 1. The normalized spacial score (nSPS) is 11.8. The molecule has 0 saturated heterocycles. The molecule has 0 spiro atoms. The van der Waals surface area contributed by atoms with Gasteiger partial charge in [-0.2, -0.15) is 0 Å². The summed E-state index contributed by atoms with van der Waals surface area (Å²) in [5, 5.41) is 4.46. The second-order valence-corrected chi connectivity index (χ2v) is 4.91. The van der Waals surface area contributed by atoms with Crippen LogP contribution in [-0.2, 0) is 5.41 Å². The average Bonchev–Trinajstić information content (AvgIpc) is 2.66. The molecule has 0 fully saturated rings. The van der Waals surface area contributed by atoms with E-state index in [9.17, 15) is 0 Å². The van der Waals surface area contributed by atoms with E-state index in [-0.39, 0.29) is 5.41 Å². The van der Waals surface area contributed by atoms with Crippen molar-refractivity contribution in [1.29, 1.82) is 0 Å². The van der Waals surface area contributed by atoms with E-state index in [0.717, 1.165) is 17.2 Å². The highest BCUT2D eigenvalue weighted by Crippen LogP contribution is 2.18. The Kier molecular flexibility index (Phi) is 2.50. The second kappa shape index (κ2) is 3.70. The first kappa shape index (κ1) is 10.8. The fourth-order valence-electron chi connectivity index (χ4n) is 1.43. The lowest BCUT2D eigenvalue weighted by atomic mass is 9.96. The van der Waals surface area contributed by atoms with Gasteiger partial charge in [0.15, 0.2) is 11.6 Å². The first-order valence-electron chi connectivity index (χ1n) is 5.32. The Balaban J connectivity index is 2.44. The maximum Gasteiger partial charge on any atom is 0.158 e. The predicted octanol–water partition coefficient (Wildman–Crippen LogP) is 2.27. The van der Waals surface area contributed by atoms with E-state index < -0.39 is 0 Å². The number of hydrogen-bond acceptors (Lipinski definition) is 3. The van der Waals surface area contributed by atoms with Crippen LogP contribution >= 0.6 is 0 Å². The standard InChI is InChI=1S/C12H16N4/c1-9-6-5-7-13-10(9)16-8-14-11(15-16)12(2,3)4/h5-8H,1-4H3. The van der Waals surface area contributed by atoms with E-state index in [1.54, 1.807) is 17.2 Å². The van der Waals surface area contributed by atoms with Crippen LogP contribution in [0.5, 0.6) is 0 Å². The van der Waals surface area contributed by atoms with Crippen LogP contribution in [0.1, 0.15) is 32.2 Å². The van der Waals surface area contributed by atoms with Crippen LogP contribution in [-0.4, -0.2) is 19.7 Å². The Hall–Kier alpha value is -1.71. The Morgan fingerprint density at radius 1 is 1.19 bits per heavy atom. The SMILES string of the molecule is Cc1cccnc1-n1cnc(C(C)(C)C)n1. The van der Waals surface area contributed by atoms with Crippen molar-refractivity contribution in [3.05, 3.63) is 36.0 Å². The number of nitrogens with zero attached hydrogens (tertiary/aromatic N) is 4. The summed E-state index contributed by atoms with van der Waals surface area (Å²) in [6.45, 7) is 8.30. The molecule has 0 atom stereocenters. The topological polar surface area (TPSA) is 43.6 Å². The summed E-state index contributed by atoms with van der Waals surface area (Å²) in [4.78, 5) is 8.62. The molecule has 0 aliphatic carbocycles. The summed E-state index contributed by atoms with van der Waals surface area (Å²) in [7, 11) is 0. The highest BCUT2D eigenvalue weighted by atomic mass is 15.4. The van der Waals surface area contributed by atoms with Crippen molar-refractivity contribution in [3.63, 3.8) is 0 Å². The molecule has 4 nitrogen and oxygen atoms in total. The van der Waals surface area contributed by atoms with E-state index in [4.69, 9.17) is 0 Å². The van der Waals surface area contributed by atoms with Crippen LogP contribution in [0.25, 0.3) is 5.82 Å². The summed E-state index contributed by atoms with van der Waals surface area (Å²) < 4.78 is 1.73. The van der Waals surface area contributed by atoms with E-state index in [0.29, 0.717) is 0 Å². The molecule has 0 aliphatic heterocycles. The van der Waals surface area contributed by atoms with Crippen molar-refractivity contribution >= 4 is 0 Å². The lowest BCUT2D eigenvalue weighted by Gasteiger charge is -2.12. The van der Waals surface area contributed by atoms with Crippen LogP contribution in [0.4, 0.5) is 0 Å². The van der Waals surface area contributed by atoms with Gasteiger partial charge in [-0.25, -0.2) is 14.6 Å². The number of aromatic nitrogens is 4.